The standard InChI is InChI=1S/C23H16N4/c1-2-8-17(9-3-1)23-25-20-13-12-16-7-4-5-11-19(16)21(20)22(26-27-23)18-10-6-14-24-15-18/h1-15H,(H,25,27). The highest BCUT2D eigenvalue weighted by Crippen LogP contribution is 2.32. The molecule has 0 spiro atoms. The number of aromatic nitrogens is 1. The summed E-state index contributed by atoms with van der Waals surface area (Å²) in [6.07, 6.45) is 3.60. The molecule has 4 heteroatoms. The first kappa shape index (κ1) is 15.5. The minimum atomic E-state index is 0.728. The molecule has 1 N–H and O–H groups in total. The molecule has 0 saturated heterocycles. The van der Waals surface area contributed by atoms with E-state index in [2.05, 4.69) is 34.7 Å². The maximum absolute atomic E-state index is 4.91. The smallest absolute Gasteiger partial charge is 0.154 e. The summed E-state index contributed by atoms with van der Waals surface area (Å²) in [4.78, 5) is 9.18. The van der Waals surface area contributed by atoms with Crippen LogP contribution in [0.3, 0.4) is 0 Å². The number of rotatable bonds is 2. The Bertz CT molecular complexity index is 1180. The fraction of sp³-hybridized carbons (Fsp3) is 0. The summed E-state index contributed by atoms with van der Waals surface area (Å²) in [5.74, 6) is 0.728. The van der Waals surface area contributed by atoms with E-state index in [1.54, 1.807) is 6.20 Å². The topological polar surface area (TPSA) is 49.6 Å². The Morgan fingerprint density at radius 2 is 1.52 bits per heavy atom. The van der Waals surface area contributed by atoms with Crippen LogP contribution in [-0.4, -0.2) is 16.5 Å². The molecule has 1 aliphatic rings. The van der Waals surface area contributed by atoms with Crippen LogP contribution in [0.1, 0.15) is 16.7 Å². The van der Waals surface area contributed by atoms with Crippen LogP contribution in [0.4, 0.5) is 5.69 Å². The third-order valence-corrected chi connectivity index (χ3v) is 4.63. The zero-order valence-corrected chi connectivity index (χ0v) is 14.5. The maximum Gasteiger partial charge on any atom is 0.154 e. The maximum atomic E-state index is 4.91. The zero-order chi connectivity index (χ0) is 18.1. The number of pyridine rings is 1. The first-order chi connectivity index (χ1) is 13.4. The lowest BCUT2D eigenvalue weighted by Crippen LogP contribution is -2.19. The second-order valence-corrected chi connectivity index (χ2v) is 6.32. The van der Waals surface area contributed by atoms with Crippen LogP contribution in [0.5, 0.6) is 0 Å². The molecule has 0 unspecified atom stereocenters. The summed E-state index contributed by atoms with van der Waals surface area (Å²) in [5, 5.41) is 7.02. The van der Waals surface area contributed by atoms with Gasteiger partial charge < -0.3 is 0 Å². The highest BCUT2D eigenvalue weighted by molar-refractivity contribution is 6.23. The third kappa shape index (κ3) is 2.77. The van der Waals surface area contributed by atoms with Gasteiger partial charge in [0.05, 0.1) is 5.69 Å². The van der Waals surface area contributed by atoms with Crippen LogP contribution >= 0.6 is 0 Å². The molecule has 4 nitrogen and oxygen atoms in total. The molecule has 0 saturated carbocycles. The number of nitrogens with one attached hydrogen (secondary N) is 1. The molecule has 3 aromatic carbocycles. The van der Waals surface area contributed by atoms with E-state index in [4.69, 9.17) is 10.1 Å². The second kappa shape index (κ2) is 6.50. The lowest BCUT2D eigenvalue weighted by atomic mass is 9.95. The molecule has 1 aliphatic heterocycles. The van der Waals surface area contributed by atoms with Crippen molar-refractivity contribution >= 4 is 28.0 Å². The van der Waals surface area contributed by atoms with Crippen molar-refractivity contribution < 1.29 is 0 Å². The number of hydrogen-bond donors (Lipinski definition) is 1. The van der Waals surface area contributed by atoms with Gasteiger partial charge >= 0.3 is 0 Å². The molecule has 0 fully saturated rings. The Kier molecular flexibility index (Phi) is 3.72. The van der Waals surface area contributed by atoms with Gasteiger partial charge in [-0.3, -0.25) is 10.4 Å². The van der Waals surface area contributed by atoms with Crippen molar-refractivity contribution in [3.05, 3.63) is 108 Å². The van der Waals surface area contributed by atoms with Gasteiger partial charge in [-0.15, -0.1) is 0 Å². The van der Waals surface area contributed by atoms with Crippen molar-refractivity contribution in [2.45, 2.75) is 0 Å². The van der Waals surface area contributed by atoms with Crippen molar-refractivity contribution in [1.82, 2.24) is 10.4 Å². The molecule has 2 heterocycles. The monoisotopic (exact) mass is 348 g/mol. The number of fused-ring (bicyclic) bond motifs is 3. The van der Waals surface area contributed by atoms with Gasteiger partial charge in [-0.2, -0.15) is 5.10 Å². The second-order valence-electron chi connectivity index (χ2n) is 6.32. The van der Waals surface area contributed by atoms with Gasteiger partial charge in [0.15, 0.2) is 5.84 Å². The number of hydrazone groups is 1. The number of amidine groups is 1. The van der Waals surface area contributed by atoms with E-state index in [-0.39, 0.29) is 0 Å². The van der Waals surface area contributed by atoms with Crippen LogP contribution < -0.4 is 5.43 Å². The molecule has 27 heavy (non-hydrogen) atoms. The van der Waals surface area contributed by atoms with E-state index >= 15 is 0 Å². The van der Waals surface area contributed by atoms with E-state index < -0.39 is 0 Å². The minimum absolute atomic E-state index is 0.728. The van der Waals surface area contributed by atoms with Gasteiger partial charge in [0.2, 0.25) is 0 Å². The third-order valence-electron chi connectivity index (χ3n) is 4.63. The Morgan fingerprint density at radius 3 is 2.37 bits per heavy atom. The Morgan fingerprint density at radius 1 is 0.704 bits per heavy atom. The van der Waals surface area contributed by atoms with Crippen LogP contribution in [0.2, 0.25) is 0 Å². The highest BCUT2D eigenvalue weighted by Gasteiger charge is 2.19. The molecule has 4 aromatic rings. The lowest BCUT2D eigenvalue weighted by molar-refractivity contribution is 1.03. The largest absolute Gasteiger partial charge is 0.264 e. The molecular formula is C23H16N4. The number of nitrogens with zero attached hydrogens (tertiary/aromatic N) is 3. The average molecular weight is 348 g/mol. The first-order valence-corrected chi connectivity index (χ1v) is 8.80. The van der Waals surface area contributed by atoms with E-state index in [1.807, 2.05) is 60.8 Å². The number of hydrogen-bond acceptors (Lipinski definition) is 4. The van der Waals surface area contributed by atoms with E-state index in [9.17, 15) is 0 Å². The summed E-state index contributed by atoms with van der Waals surface area (Å²) >= 11 is 0. The summed E-state index contributed by atoms with van der Waals surface area (Å²) in [6.45, 7) is 0. The molecule has 0 bridgehead atoms. The SMILES string of the molecule is c1ccc(C2=Nc3ccc4ccccc4c3C(c3cccnc3)=NN2)cc1. The quantitative estimate of drug-likeness (QED) is 0.572. The van der Waals surface area contributed by atoms with Crippen LogP contribution in [0.15, 0.2) is 101 Å². The van der Waals surface area contributed by atoms with Crippen molar-refractivity contribution in [1.29, 1.82) is 0 Å². The van der Waals surface area contributed by atoms with Crippen molar-refractivity contribution in [2.24, 2.45) is 10.1 Å². The van der Waals surface area contributed by atoms with Gasteiger partial charge in [-0.05, 0) is 29.0 Å². The summed E-state index contributed by atoms with van der Waals surface area (Å²) in [6, 6.07) is 26.5. The van der Waals surface area contributed by atoms with Gasteiger partial charge in [-0.1, -0.05) is 60.7 Å². The Hall–Kier alpha value is -3.79. The summed E-state index contributed by atoms with van der Waals surface area (Å²) in [5.41, 5.74) is 7.85. The molecular weight excluding hydrogens is 332 g/mol. The Balaban J connectivity index is 1.80. The Labute approximate surface area is 156 Å². The average Bonchev–Trinajstić information content (AvgIpc) is 2.95. The molecule has 0 aliphatic carbocycles. The number of aliphatic imine (C=N–C) groups is 1. The van der Waals surface area contributed by atoms with Crippen LogP contribution in [0.25, 0.3) is 10.8 Å². The molecule has 0 amide bonds. The van der Waals surface area contributed by atoms with Gasteiger partial charge in [0.1, 0.15) is 5.71 Å². The normalized spacial score (nSPS) is 13.2. The predicted molar refractivity (Wildman–Crippen MR) is 110 cm³/mol. The highest BCUT2D eigenvalue weighted by atomic mass is 15.3. The molecule has 5 rings (SSSR count). The molecule has 0 atom stereocenters. The summed E-state index contributed by atoms with van der Waals surface area (Å²) < 4.78 is 0. The lowest BCUT2D eigenvalue weighted by Gasteiger charge is -2.11. The van der Waals surface area contributed by atoms with Crippen LogP contribution in [0, 0.1) is 0 Å². The predicted octanol–water partition coefficient (Wildman–Crippen LogP) is 4.67. The van der Waals surface area contributed by atoms with Gasteiger partial charge in [0, 0.05) is 29.1 Å². The van der Waals surface area contributed by atoms with E-state index in [0.717, 1.165) is 44.7 Å². The first-order valence-electron chi connectivity index (χ1n) is 8.80. The van der Waals surface area contributed by atoms with Gasteiger partial charge in [0.25, 0.3) is 0 Å². The molecule has 128 valence electrons. The minimum Gasteiger partial charge on any atom is -0.264 e. The summed E-state index contributed by atoms with van der Waals surface area (Å²) in [7, 11) is 0. The van der Waals surface area contributed by atoms with Crippen LogP contribution in [-0.2, 0) is 0 Å². The van der Waals surface area contributed by atoms with Gasteiger partial charge in [-0.25, -0.2) is 4.99 Å². The van der Waals surface area contributed by atoms with E-state index in [1.165, 1.54) is 0 Å². The zero-order valence-electron chi connectivity index (χ0n) is 14.5. The van der Waals surface area contributed by atoms with Crippen molar-refractivity contribution in [2.75, 3.05) is 0 Å². The number of benzene rings is 3. The van der Waals surface area contributed by atoms with E-state index in [0.29, 0.717) is 0 Å². The van der Waals surface area contributed by atoms with Crippen molar-refractivity contribution in [3.8, 4) is 0 Å². The fourth-order valence-electron chi connectivity index (χ4n) is 3.35. The molecule has 0 radical (unpaired) electrons. The van der Waals surface area contributed by atoms with Crippen molar-refractivity contribution in [3.63, 3.8) is 0 Å². The fourth-order valence-corrected chi connectivity index (χ4v) is 3.35. The molecule has 1 aromatic heterocycles.